The molecule has 1 N–H and O–H groups in total. The van der Waals surface area contributed by atoms with Crippen LogP contribution in [0.4, 0.5) is 10.1 Å². The molecule has 0 aliphatic heterocycles. The fraction of sp³-hybridized carbons (Fsp3) is 0.0909. The predicted octanol–water partition coefficient (Wildman–Crippen LogP) is 4.24. The maximum absolute atomic E-state index is 13.3. The Balaban J connectivity index is 1.83. The van der Waals surface area contributed by atoms with Gasteiger partial charge in [-0.3, -0.25) is 9.10 Å². The van der Waals surface area contributed by atoms with E-state index in [-0.39, 0.29) is 4.90 Å². The second-order valence-corrected chi connectivity index (χ2v) is 9.43. The minimum Gasteiger partial charge on any atom is -0.271 e. The second-order valence-electron chi connectivity index (χ2n) is 6.65. The predicted molar refractivity (Wildman–Crippen MR) is 122 cm³/mol. The fourth-order valence-corrected chi connectivity index (χ4v) is 4.53. The number of aryl methyl sites for hydroxylation is 1. The minimum atomic E-state index is -4.11. The van der Waals surface area contributed by atoms with Crippen LogP contribution < -0.4 is 9.73 Å². The molecule has 1 amide bonds. The number of hydrogen-bond donors (Lipinski definition) is 1. The van der Waals surface area contributed by atoms with Crippen LogP contribution in [0.3, 0.4) is 0 Å². The van der Waals surface area contributed by atoms with Crippen molar-refractivity contribution in [3.05, 3.63) is 94.2 Å². The average Bonchev–Trinajstić information content (AvgIpc) is 2.73. The molecule has 3 rings (SSSR count). The summed E-state index contributed by atoms with van der Waals surface area (Å²) in [4.78, 5) is 12.4. The van der Waals surface area contributed by atoms with Crippen LogP contribution in [0.25, 0.3) is 0 Å². The quantitative estimate of drug-likeness (QED) is 0.386. The van der Waals surface area contributed by atoms with Gasteiger partial charge in [-0.05, 0) is 61.0 Å². The highest BCUT2D eigenvalue weighted by Crippen LogP contribution is 2.24. The SMILES string of the molecule is Cc1ccc(N(CC(=O)N/N=C\c2cccc(Br)c2)S(=O)(=O)c2ccc(F)cc2)cc1. The first kappa shape index (κ1) is 22.6. The number of carbonyl (C=O) groups excluding carboxylic acids is 1. The van der Waals surface area contributed by atoms with Gasteiger partial charge in [-0.1, -0.05) is 45.8 Å². The van der Waals surface area contributed by atoms with Gasteiger partial charge in [0, 0.05) is 4.47 Å². The maximum atomic E-state index is 13.3. The molecule has 3 aromatic carbocycles. The summed E-state index contributed by atoms with van der Waals surface area (Å²) in [6, 6.07) is 18.4. The number of halogens is 2. The molecule has 31 heavy (non-hydrogen) atoms. The smallest absolute Gasteiger partial charge is 0.264 e. The third kappa shape index (κ3) is 5.99. The molecule has 0 aliphatic carbocycles. The number of benzene rings is 3. The second kappa shape index (κ2) is 9.84. The highest BCUT2D eigenvalue weighted by Gasteiger charge is 2.27. The first-order valence-corrected chi connectivity index (χ1v) is 11.4. The topological polar surface area (TPSA) is 78.8 Å². The Hall–Kier alpha value is -3.04. The van der Waals surface area contributed by atoms with E-state index in [0.29, 0.717) is 5.69 Å². The van der Waals surface area contributed by atoms with Gasteiger partial charge in [0.05, 0.1) is 16.8 Å². The molecule has 0 saturated heterocycles. The summed E-state index contributed by atoms with van der Waals surface area (Å²) in [6.07, 6.45) is 1.45. The average molecular weight is 504 g/mol. The zero-order chi connectivity index (χ0) is 22.4. The number of amides is 1. The molecule has 0 fully saturated rings. The van der Waals surface area contributed by atoms with E-state index in [1.54, 1.807) is 30.3 Å². The lowest BCUT2D eigenvalue weighted by Gasteiger charge is -2.23. The lowest BCUT2D eigenvalue weighted by atomic mass is 10.2. The highest BCUT2D eigenvalue weighted by molar-refractivity contribution is 9.10. The van der Waals surface area contributed by atoms with Crippen molar-refractivity contribution in [1.29, 1.82) is 0 Å². The minimum absolute atomic E-state index is 0.125. The van der Waals surface area contributed by atoms with Crippen LogP contribution >= 0.6 is 15.9 Å². The van der Waals surface area contributed by atoms with Crippen LogP contribution in [-0.4, -0.2) is 27.1 Å². The lowest BCUT2D eigenvalue weighted by molar-refractivity contribution is -0.119. The molecule has 0 atom stereocenters. The third-order valence-electron chi connectivity index (χ3n) is 4.26. The summed E-state index contributed by atoms with van der Waals surface area (Å²) < 4.78 is 41.4. The van der Waals surface area contributed by atoms with E-state index in [1.807, 2.05) is 25.1 Å². The zero-order valence-corrected chi connectivity index (χ0v) is 18.9. The zero-order valence-electron chi connectivity index (χ0n) is 16.5. The van der Waals surface area contributed by atoms with E-state index in [1.165, 1.54) is 6.21 Å². The van der Waals surface area contributed by atoms with E-state index in [0.717, 1.165) is 44.2 Å². The van der Waals surface area contributed by atoms with E-state index in [4.69, 9.17) is 0 Å². The first-order valence-electron chi connectivity index (χ1n) is 9.18. The van der Waals surface area contributed by atoms with Gasteiger partial charge in [0.15, 0.2) is 0 Å². The number of carbonyl (C=O) groups is 1. The Morgan fingerprint density at radius 1 is 1.10 bits per heavy atom. The summed E-state index contributed by atoms with van der Waals surface area (Å²) in [5.74, 6) is -1.18. The highest BCUT2D eigenvalue weighted by atomic mass is 79.9. The normalized spacial score (nSPS) is 11.5. The Morgan fingerprint density at radius 2 is 1.77 bits per heavy atom. The van der Waals surface area contributed by atoms with Crippen LogP contribution in [0.5, 0.6) is 0 Å². The van der Waals surface area contributed by atoms with E-state index >= 15 is 0 Å². The maximum Gasteiger partial charge on any atom is 0.264 e. The van der Waals surface area contributed by atoms with Crippen LogP contribution in [-0.2, 0) is 14.8 Å². The van der Waals surface area contributed by atoms with Crippen molar-refractivity contribution in [2.75, 3.05) is 10.8 Å². The van der Waals surface area contributed by atoms with Gasteiger partial charge in [0.2, 0.25) is 0 Å². The monoisotopic (exact) mass is 503 g/mol. The molecule has 0 unspecified atom stereocenters. The van der Waals surface area contributed by atoms with Gasteiger partial charge in [-0.25, -0.2) is 18.2 Å². The van der Waals surface area contributed by atoms with Crippen LogP contribution in [0.1, 0.15) is 11.1 Å². The molecule has 0 saturated carbocycles. The van der Waals surface area contributed by atoms with Crippen molar-refractivity contribution in [2.45, 2.75) is 11.8 Å². The van der Waals surface area contributed by atoms with Crippen molar-refractivity contribution >= 4 is 43.8 Å². The fourth-order valence-electron chi connectivity index (χ4n) is 2.69. The number of hydrogen-bond acceptors (Lipinski definition) is 4. The van der Waals surface area contributed by atoms with Crippen molar-refractivity contribution in [3.63, 3.8) is 0 Å². The van der Waals surface area contributed by atoms with Crippen LogP contribution in [0, 0.1) is 12.7 Å². The first-order chi connectivity index (χ1) is 14.8. The summed E-state index contributed by atoms with van der Waals surface area (Å²) in [5, 5.41) is 3.89. The standard InChI is InChI=1S/C22H19BrFN3O3S/c1-16-5-9-20(10-6-16)27(31(29,30)21-11-7-19(24)8-12-21)15-22(28)26-25-14-17-3-2-4-18(23)13-17/h2-14H,15H2,1H3,(H,26,28)/b25-14-. The number of nitrogens with zero attached hydrogens (tertiary/aromatic N) is 2. The van der Waals surface area contributed by atoms with Gasteiger partial charge in [0.25, 0.3) is 15.9 Å². The molecular formula is C22H19BrFN3O3S. The Labute approximate surface area is 188 Å². The molecule has 6 nitrogen and oxygen atoms in total. The largest absolute Gasteiger partial charge is 0.271 e. The number of hydrazone groups is 1. The van der Waals surface area contributed by atoms with Gasteiger partial charge in [0.1, 0.15) is 12.4 Å². The molecule has 0 aromatic heterocycles. The number of anilines is 1. The van der Waals surface area contributed by atoms with Crippen molar-refractivity contribution in [1.82, 2.24) is 5.43 Å². The van der Waals surface area contributed by atoms with Crippen molar-refractivity contribution < 1.29 is 17.6 Å². The Bertz CT molecular complexity index is 1200. The molecule has 0 spiro atoms. The van der Waals surface area contributed by atoms with Gasteiger partial charge < -0.3 is 0 Å². The molecule has 0 aliphatic rings. The van der Waals surface area contributed by atoms with Crippen LogP contribution in [0.15, 0.2) is 87.3 Å². The van der Waals surface area contributed by atoms with Gasteiger partial charge >= 0.3 is 0 Å². The van der Waals surface area contributed by atoms with E-state index in [9.17, 15) is 17.6 Å². The Morgan fingerprint density at radius 3 is 2.42 bits per heavy atom. The van der Waals surface area contributed by atoms with E-state index in [2.05, 4.69) is 26.5 Å². The number of rotatable bonds is 7. The van der Waals surface area contributed by atoms with Gasteiger partial charge in [-0.2, -0.15) is 5.10 Å². The summed E-state index contributed by atoms with van der Waals surface area (Å²) in [7, 11) is -4.11. The molecule has 0 bridgehead atoms. The van der Waals surface area contributed by atoms with E-state index < -0.39 is 28.3 Å². The lowest BCUT2D eigenvalue weighted by Crippen LogP contribution is -2.39. The molecule has 9 heteroatoms. The van der Waals surface area contributed by atoms with Crippen molar-refractivity contribution in [3.8, 4) is 0 Å². The summed E-state index contributed by atoms with van der Waals surface area (Å²) >= 11 is 3.35. The molecule has 0 heterocycles. The molecule has 0 radical (unpaired) electrons. The Kier molecular flexibility index (Phi) is 7.19. The molecule has 160 valence electrons. The summed E-state index contributed by atoms with van der Waals surface area (Å²) in [5.41, 5.74) is 4.34. The summed E-state index contributed by atoms with van der Waals surface area (Å²) in [6.45, 7) is 1.37. The third-order valence-corrected chi connectivity index (χ3v) is 6.54. The van der Waals surface area contributed by atoms with Crippen molar-refractivity contribution in [2.24, 2.45) is 5.10 Å². The molecule has 3 aromatic rings. The van der Waals surface area contributed by atoms with Gasteiger partial charge in [-0.15, -0.1) is 0 Å². The number of sulfonamides is 1. The number of nitrogens with one attached hydrogen (secondary N) is 1. The molecular weight excluding hydrogens is 485 g/mol. The van der Waals surface area contributed by atoms with Crippen LogP contribution in [0.2, 0.25) is 0 Å².